The Labute approximate surface area is 177 Å². The van der Waals surface area contributed by atoms with Crippen LogP contribution in [-0.2, 0) is 0 Å². The summed E-state index contributed by atoms with van der Waals surface area (Å²) in [6.07, 6.45) is 0. The van der Waals surface area contributed by atoms with E-state index >= 15 is 0 Å². The topological polar surface area (TPSA) is 96.0 Å². The second-order valence-corrected chi connectivity index (χ2v) is 7.11. The molecule has 0 aliphatic heterocycles. The largest absolute Gasteiger partial charge is 0.322 e. The number of benzene rings is 3. The summed E-state index contributed by atoms with van der Waals surface area (Å²) in [5.74, 6) is 0.339. The standard InChI is InChI=1S/C24H16N6O/c1-15-20-7-2-3-8-21(20)23-28-27-22(30(23)29-15)18-5-4-6-19(13-18)26-24(31)17-11-9-16(14-25)10-12-17/h2-13H,1H3,(H,26,31). The number of aryl methyl sites for hydroxylation is 1. The summed E-state index contributed by atoms with van der Waals surface area (Å²) in [4.78, 5) is 12.6. The van der Waals surface area contributed by atoms with E-state index in [-0.39, 0.29) is 5.91 Å². The van der Waals surface area contributed by atoms with Crippen LogP contribution in [0, 0.1) is 18.3 Å². The highest BCUT2D eigenvalue weighted by Gasteiger charge is 2.14. The number of rotatable bonds is 3. The molecule has 0 radical (unpaired) electrons. The van der Waals surface area contributed by atoms with Gasteiger partial charge in [0.1, 0.15) is 0 Å². The zero-order chi connectivity index (χ0) is 21.4. The second-order valence-electron chi connectivity index (χ2n) is 7.11. The van der Waals surface area contributed by atoms with E-state index in [9.17, 15) is 4.79 Å². The van der Waals surface area contributed by atoms with Gasteiger partial charge in [-0.2, -0.15) is 14.9 Å². The number of aromatic nitrogens is 4. The zero-order valence-corrected chi connectivity index (χ0v) is 16.6. The predicted molar refractivity (Wildman–Crippen MR) is 118 cm³/mol. The van der Waals surface area contributed by atoms with Crippen molar-refractivity contribution in [3.63, 3.8) is 0 Å². The molecule has 148 valence electrons. The van der Waals surface area contributed by atoms with E-state index in [0.717, 1.165) is 22.0 Å². The molecular weight excluding hydrogens is 388 g/mol. The molecule has 0 saturated heterocycles. The molecular formula is C24H16N6O. The van der Waals surface area contributed by atoms with E-state index < -0.39 is 0 Å². The summed E-state index contributed by atoms with van der Waals surface area (Å²) in [5, 5.41) is 27.2. The lowest BCUT2D eigenvalue weighted by molar-refractivity contribution is 0.102. The van der Waals surface area contributed by atoms with Crippen molar-refractivity contribution in [1.29, 1.82) is 5.26 Å². The Kier molecular flexibility index (Phi) is 4.38. The second kappa shape index (κ2) is 7.35. The van der Waals surface area contributed by atoms with Gasteiger partial charge in [0.15, 0.2) is 11.5 Å². The molecule has 7 nitrogen and oxygen atoms in total. The molecule has 0 unspecified atom stereocenters. The van der Waals surface area contributed by atoms with E-state index in [1.54, 1.807) is 28.8 Å². The average molecular weight is 404 g/mol. The summed E-state index contributed by atoms with van der Waals surface area (Å²) in [6, 6.07) is 23.9. The summed E-state index contributed by atoms with van der Waals surface area (Å²) in [7, 11) is 0. The Bertz CT molecular complexity index is 1490. The maximum atomic E-state index is 12.6. The molecule has 0 aliphatic rings. The SMILES string of the molecule is Cc1nn2c(-c3cccc(NC(=O)c4ccc(C#N)cc4)c3)nnc2c2ccccc12. The molecule has 0 aliphatic carbocycles. The lowest BCUT2D eigenvalue weighted by atomic mass is 10.1. The van der Waals surface area contributed by atoms with E-state index in [1.807, 2.05) is 61.5 Å². The molecule has 5 aromatic rings. The minimum atomic E-state index is -0.257. The maximum Gasteiger partial charge on any atom is 0.255 e. The molecule has 0 spiro atoms. The lowest BCUT2D eigenvalue weighted by Gasteiger charge is -2.08. The minimum Gasteiger partial charge on any atom is -0.322 e. The van der Waals surface area contributed by atoms with Crippen LogP contribution in [0.1, 0.15) is 21.6 Å². The fourth-order valence-electron chi connectivity index (χ4n) is 3.56. The van der Waals surface area contributed by atoms with Crippen LogP contribution in [0.5, 0.6) is 0 Å². The van der Waals surface area contributed by atoms with Crippen molar-refractivity contribution in [3.8, 4) is 17.5 Å². The van der Waals surface area contributed by atoms with Crippen molar-refractivity contribution < 1.29 is 4.79 Å². The third kappa shape index (κ3) is 3.26. The van der Waals surface area contributed by atoms with Crippen molar-refractivity contribution in [1.82, 2.24) is 19.8 Å². The molecule has 0 saturated carbocycles. The molecule has 1 amide bonds. The van der Waals surface area contributed by atoms with Crippen molar-refractivity contribution in [2.75, 3.05) is 5.32 Å². The number of carbonyl (C=O) groups excluding carboxylic acids is 1. The van der Waals surface area contributed by atoms with Crippen molar-refractivity contribution in [2.45, 2.75) is 6.92 Å². The van der Waals surface area contributed by atoms with Gasteiger partial charge in [0, 0.05) is 27.6 Å². The molecule has 7 heteroatoms. The molecule has 1 N–H and O–H groups in total. The van der Waals surface area contributed by atoms with E-state index in [4.69, 9.17) is 5.26 Å². The van der Waals surface area contributed by atoms with Gasteiger partial charge in [-0.15, -0.1) is 10.2 Å². The van der Waals surface area contributed by atoms with Gasteiger partial charge in [-0.1, -0.05) is 36.4 Å². The van der Waals surface area contributed by atoms with Crippen molar-refractivity contribution >= 4 is 28.0 Å². The first-order valence-electron chi connectivity index (χ1n) is 9.67. The first kappa shape index (κ1) is 18.5. The summed E-state index contributed by atoms with van der Waals surface area (Å²) in [6.45, 7) is 1.96. The number of fused-ring (bicyclic) bond motifs is 3. The maximum absolute atomic E-state index is 12.6. The molecule has 2 heterocycles. The fourth-order valence-corrected chi connectivity index (χ4v) is 3.56. The number of nitrogens with zero attached hydrogens (tertiary/aromatic N) is 5. The summed E-state index contributed by atoms with van der Waals surface area (Å²) < 4.78 is 1.74. The third-order valence-corrected chi connectivity index (χ3v) is 5.10. The van der Waals surface area contributed by atoms with Gasteiger partial charge in [0.05, 0.1) is 17.3 Å². The molecule has 0 fully saturated rings. The Balaban J connectivity index is 1.51. The Morgan fingerprint density at radius 3 is 2.52 bits per heavy atom. The van der Waals surface area contributed by atoms with E-state index in [0.29, 0.717) is 28.3 Å². The smallest absolute Gasteiger partial charge is 0.255 e. The number of nitrogens with one attached hydrogen (secondary N) is 1. The Morgan fingerprint density at radius 2 is 1.74 bits per heavy atom. The summed E-state index contributed by atoms with van der Waals surface area (Å²) in [5.41, 5.74) is 3.96. The first-order valence-corrected chi connectivity index (χ1v) is 9.67. The number of amides is 1. The van der Waals surface area contributed by atoms with Crippen LogP contribution < -0.4 is 5.32 Å². The molecule has 31 heavy (non-hydrogen) atoms. The van der Waals surface area contributed by atoms with Gasteiger partial charge < -0.3 is 5.32 Å². The number of hydrogen-bond donors (Lipinski definition) is 1. The van der Waals surface area contributed by atoms with Crippen LogP contribution in [0.25, 0.3) is 27.8 Å². The molecule has 0 bridgehead atoms. The molecule has 0 atom stereocenters. The third-order valence-electron chi connectivity index (χ3n) is 5.10. The Morgan fingerprint density at radius 1 is 0.968 bits per heavy atom. The number of hydrogen-bond acceptors (Lipinski definition) is 5. The fraction of sp³-hybridized carbons (Fsp3) is 0.0417. The van der Waals surface area contributed by atoms with Crippen LogP contribution in [0.4, 0.5) is 5.69 Å². The molecule has 3 aromatic carbocycles. The number of carbonyl (C=O) groups is 1. The van der Waals surface area contributed by atoms with E-state index in [2.05, 4.69) is 20.6 Å². The minimum absolute atomic E-state index is 0.257. The van der Waals surface area contributed by atoms with Gasteiger partial charge >= 0.3 is 0 Å². The van der Waals surface area contributed by atoms with Crippen LogP contribution in [-0.4, -0.2) is 25.7 Å². The van der Waals surface area contributed by atoms with Gasteiger partial charge in [-0.25, -0.2) is 0 Å². The van der Waals surface area contributed by atoms with Crippen LogP contribution in [0.3, 0.4) is 0 Å². The lowest BCUT2D eigenvalue weighted by Crippen LogP contribution is -2.11. The Hall–Kier alpha value is -4.57. The monoisotopic (exact) mass is 404 g/mol. The van der Waals surface area contributed by atoms with Gasteiger partial charge in [0.25, 0.3) is 5.91 Å². The van der Waals surface area contributed by atoms with Gasteiger partial charge in [0.2, 0.25) is 0 Å². The van der Waals surface area contributed by atoms with Gasteiger partial charge in [-0.3, -0.25) is 4.79 Å². The quantitative estimate of drug-likeness (QED) is 0.481. The zero-order valence-electron chi connectivity index (χ0n) is 16.6. The van der Waals surface area contributed by atoms with Crippen LogP contribution in [0.2, 0.25) is 0 Å². The highest BCUT2D eigenvalue weighted by Crippen LogP contribution is 2.26. The number of anilines is 1. The van der Waals surface area contributed by atoms with Crippen molar-refractivity contribution in [3.05, 3.63) is 89.6 Å². The molecule has 2 aromatic heterocycles. The van der Waals surface area contributed by atoms with Gasteiger partial charge in [-0.05, 0) is 43.3 Å². The highest BCUT2D eigenvalue weighted by atomic mass is 16.1. The molecule has 5 rings (SSSR count). The van der Waals surface area contributed by atoms with Crippen LogP contribution >= 0.6 is 0 Å². The summed E-state index contributed by atoms with van der Waals surface area (Å²) >= 11 is 0. The van der Waals surface area contributed by atoms with Crippen LogP contribution in [0.15, 0.2) is 72.8 Å². The average Bonchev–Trinajstić information content (AvgIpc) is 3.23. The highest BCUT2D eigenvalue weighted by molar-refractivity contribution is 6.04. The van der Waals surface area contributed by atoms with E-state index in [1.165, 1.54) is 0 Å². The first-order chi connectivity index (χ1) is 15.1. The normalized spacial score (nSPS) is 10.8. The predicted octanol–water partition coefficient (Wildman–Crippen LogP) is 4.38. The van der Waals surface area contributed by atoms with Crippen molar-refractivity contribution in [2.24, 2.45) is 0 Å². The number of nitriles is 1.